The molecule has 11 nitrogen and oxygen atoms in total. The fraction of sp³-hybridized carbons (Fsp3) is 0.718. The Bertz CT molecular complexity index is 1410. The maximum absolute atomic E-state index is 14.6. The smallest absolute Gasteiger partial charge is 0.246 e. The second kappa shape index (κ2) is 17.5. The summed E-state index contributed by atoms with van der Waals surface area (Å²) in [5.74, 6) is -3.96. The highest BCUT2D eigenvalue weighted by molar-refractivity contribution is 6.38. The molecule has 2 heterocycles. The van der Waals surface area contributed by atoms with Crippen molar-refractivity contribution in [1.82, 2.24) is 20.2 Å². The van der Waals surface area contributed by atoms with Crippen LogP contribution >= 0.6 is 0 Å². The molecule has 6 atom stereocenters. The van der Waals surface area contributed by atoms with Crippen LogP contribution in [0.25, 0.3) is 0 Å². The predicted octanol–water partition coefficient (Wildman–Crippen LogP) is 5.29. The quantitative estimate of drug-likeness (QED) is 0.169. The van der Waals surface area contributed by atoms with Gasteiger partial charge in [-0.25, -0.2) is 4.98 Å². The first kappa shape index (κ1) is 39.2. The third-order valence-electron chi connectivity index (χ3n) is 11.1. The molecule has 0 spiro atoms. The Hall–Kier alpha value is -3.63. The Morgan fingerprint density at radius 3 is 2.26 bits per heavy atom. The minimum Gasteiger partial charge on any atom is -0.344 e. The van der Waals surface area contributed by atoms with Gasteiger partial charge >= 0.3 is 0 Å². The van der Waals surface area contributed by atoms with Crippen LogP contribution in [-0.2, 0) is 28.8 Å². The van der Waals surface area contributed by atoms with Gasteiger partial charge in [-0.1, -0.05) is 59.8 Å². The number of nitrogens with one attached hydrogen (secondary N) is 1. The molecule has 4 rings (SSSR count). The highest BCUT2D eigenvalue weighted by Gasteiger charge is 2.52. The molecule has 0 aromatic carbocycles. The summed E-state index contributed by atoms with van der Waals surface area (Å²) >= 11 is 0. The van der Waals surface area contributed by atoms with E-state index in [4.69, 9.17) is 0 Å². The highest BCUT2D eigenvalue weighted by Crippen LogP contribution is 2.44. The third-order valence-corrected chi connectivity index (χ3v) is 11.1. The average Bonchev–Trinajstić information content (AvgIpc) is 3.69. The van der Waals surface area contributed by atoms with Gasteiger partial charge in [-0.05, 0) is 62.2 Å². The maximum atomic E-state index is 14.6. The van der Waals surface area contributed by atoms with Gasteiger partial charge in [-0.3, -0.25) is 33.8 Å². The molecule has 1 saturated heterocycles. The summed E-state index contributed by atoms with van der Waals surface area (Å²) in [4.78, 5) is 103. The van der Waals surface area contributed by atoms with Gasteiger partial charge in [0.2, 0.25) is 17.6 Å². The third kappa shape index (κ3) is 9.78. The zero-order chi connectivity index (χ0) is 36.6. The van der Waals surface area contributed by atoms with Crippen LogP contribution in [0.2, 0.25) is 0 Å². The number of hydrogen-bond donors (Lipinski definition) is 1. The van der Waals surface area contributed by atoms with Crippen molar-refractivity contribution in [1.29, 1.82) is 0 Å². The molecular formula is C39H56N4O7. The summed E-state index contributed by atoms with van der Waals surface area (Å²) in [5.41, 5.74) is -0.511. The number of Topliss-reactive ketones (excluding diaryl/α,β-unsaturated/α-hetero) is 5. The fourth-order valence-corrected chi connectivity index (χ4v) is 8.44. The van der Waals surface area contributed by atoms with E-state index in [1.165, 1.54) is 25.5 Å². The molecule has 1 N–H and O–H groups in total. The van der Waals surface area contributed by atoms with Crippen molar-refractivity contribution in [3.05, 3.63) is 24.3 Å². The number of likely N-dealkylation sites (tertiary alicyclic amines) is 1. The van der Waals surface area contributed by atoms with Crippen molar-refractivity contribution in [2.45, 2.75) is 137 Å². The Balaban J connectivity index is 1.57. The summed E-state index contributed by atoms with van der Waals surface area (Å²) in [6, 6.07) is -1.70. The zero-order valence-corrected chi connectivity index (χ0v) is 30.6. The fourth-order valence-electron chi connectivity index (χ4n) is 8.44. The minimum atomic E-state index is -0.955. The number of nitrogens with zero attached hydrogens (tertiary/aromatic N) is 3. The molecule has 11 heteroatoms. The first-order valence-electron chi connectivity index (χ1n) is 18.7. The average molecular weight is 693 g/mol. The molecule has 3 fully saturated rings. The van der Waals surface area contributed by atoms with Crippen LogP contribution in [0, 0.1) is 35.0 Å². The van der Waals surface area contributed by atoms with Crippen molar-refractivity contribution in [2.24, 2.45) is 35.0 Å². The molecule has 274 valence electrons. The van der Waals surface area contributed by atoms with Gasteiger partial charge in [-0.2, -0.15) is 0 Å². The predicted molar refractivity (Wildman–Crippen MR) is 187 cm³/mol. The summed E-state index contributed by atoms with van der Waals surface area (Å²) in [6.07, 6.45) is 12.2. The monoisotopic (exact) mass is 692 g/mol. The Morgan fingerprint density at radius 2 is 1.64 bits per heavy atom. The minimum absolute atomic E-state index is 0.00763. The number of ketones is 5. The maximum Gasteiger partial charge on any atom is 0.246 e. The van der Waals surface area contributed by atoms with Crippen molar-refractivity contribution in [3.63, 3.8) is 0 Å². The first-order valence-corrected chi connectivity index (χ1v) is 18.7. The SMILES string of the molecule is CCCC(CC(=O)C1[C@H]2CCC[C@H]2CN1C(=O)[C@@H](NC(=O)[C@H](CC(=O)c1cnccn1)C1CCCCC1)C(C)(C)C)C(=O)C(=O)CCC(C)=O. The van der Waals surface area contributed by atoms with E-state index in [1.807, 2.05) is 27.7 Å². The van der Waals surface area contributed by atoms with Crippen LogP contribution in [0.1, 0.15) is 135 Å². The van der Waals surface area contributed by atoms with E-state index in [2.05, 4.69) is 15.3 Å². The molecule has 1 aromatic rings. The molecule has 3 aliphatic rings. The van der Waals surface area contributed by atoms with E-state index in [0.29, 0.717) is 19.4 Å². The molecular weight excluding hydrogens is 636 g/mol. The number of hydrogen-bond acceptors (Lipinski definition) is 9. The van der Waals surface area contributed by atoms with E-state index in [0.717, 1.165) is 51.4 Å². The van der Waals surface area contributed by atoms with E-state index in [1.54, 1.807) is 4.90 Å². The van der Waals surface area contributed by atoms with E-state index < -0.39 is 40.9 Å². The van der Waals surface area contributed by atoms with Crippen LogP contribution in [0.3, 0.4) is 0 Å². The molecule has 2 unspecified atom stereocenters. The molecule has 1 aromatic heterocycles. The van der Waals surface area contributed by atoms with Gasteiger partial charge in [0.05, 0.1) is 12.2 Å². The standard InChI is InChI=1S/C39H56N4O7/c1-6-11-26(35(48)31(45)17-16-24(2)44)20-33(47)34-28-15-10-14-27(28)23-43(34)38(50)36(39(3,4)5)42-37(49)29(25-12-8-7-9-13-25)21-32(46)30-22-40-18-19-41-30/h18-19,22,25-29,34,36H,6-17,20-21,23H2,1-5H3,(H,42,49)/t26?,27-,28-,29+,34?,36+/m0/s1. The molecule has 2 saturated carbocycles. The Labute approximate surface area is 296 Å². The topological polar surface area (TPSA) is 161 Å². The largest absolute Gasteiger partial charge is 0.344 e. The van der Waals surface area contributed by atoms with Gasteiger partial charge in [0.1, 0.15) is 17.5 Å². The lowest BCUT2D eigenvalue weighted by atomic mass is 9.76. The van der Waals surface area contributed by atoms with Gasteiger partial charge in [-0.15, -0.1) is 0 Å². The first-order chi connectivity index (χ1) is 23.7. The van der Waals surface area contributed by atoms with Crippen LogP contribution in [0.5, 0.6) is 0 Å². The van der Waals surface area contributed by atoms with Crippen molar-refractivity contribution in [2.75, 3.05) is 6.54 Å². The number of carbonyl (C=O) groups is 7. The van der Waals surface area contributed by atoms with Crippen LogP contribution in [0.15, 0.2) is 18.6 Å². The van der Waals surface area contributed by atoms with Gasteiger partial charge < -0.3 is 15.0 Å². The second-order valence-corrected chi connectivity index (χ2v) is 16.0. The number of rotatable bonds is 17. The number of aromatic nitrogens is 2. The number of fused-ring (bicyclic) bond motifs is 1. The summed E-state index contributed by atoms with van der Waals surface area (Å²) in [6.45, 7) is 9.30. The molecule has 50 heavy (non-hydrogen) atoms. The Morgan fingerprint density at radius 1 is 0.920 bits per heavy atom. The molecule has 0 bridgehead atoms. The van der Waals surface area contributed by atoms with E-state index >= 15 is 0 Å². The van der Waals surface area contributed by atoms with Gasteiger partial charge in [0.25, 0.3) is 0 Å². The zero-order valence-electron chi connectivity index (χ0n) is 30.6. The van der Waals surface area contributed by atoms with Crippen molar-refractivity contribution < 1.29 is 33.6 Å². The summed E-state index contributed by atoms with van der Waals surface area (Å²) in [5, 5.41) is 3.07. The normalized spacial score (nSPS) is 22.7. The molecule has 1 aliphatic heterocycles. The van der Waals surface area contributed by atoms with E-state index in [-0.39, 0.29) is 78.3 Å². The lowest BCUT2D eigenvalue weighted by Gasteiger charge is -2.38. The Kier molecular flexibility index (Phi) is 13.7. The van der Waals surface area contributed by atoms with E-state index in [9.17, 15) is 33.6 Å². The molecule has 0 radical (unpaired) electrons. The second-order valence-electron chi connectivity index (χ2n) is 16.0. The number of carbonyl (C=O) groups excluding carboxylic acids is 7. The molecule has 2 amide bonds. The highest BCUT2D eigenvalue weighted by atomic mass is 16.2. The van der Waals surface area contributed by atoms with Crippen molar-refractivity contribution in [3.8, 4) is 0 Å². The summed E-state index contributed by atoms with van der Waals surface area (Å²) < 4.78 is 0. The van der Waals surface area contributed by atoms with Crippen LogP contribution in [-0.4, -0.2) is 74.2 Å². The van der Waals surface area contributed by atoms with Crippen LogP contribution < -0.4 is 5.32 Å². The molecule has 2 aliphatic carbocycles. The van der Waals surface area contributed by atoms with Crippen LogP contribution in [0.4, 0.5) is 0 Å². The van der Waals surface area contributed by atoms with Crippen molar-refractivity contribution >= 4 is 40.7 Å². The van der Waals surface area contributed by atoms with Gasteiger partial charge in [0.15, 0.2) is 17.3 Å². The van der Waals surface area contributed by atoms with Gasteiger partial charge in [0, 0.05) is 56.5 Å². The lowest BCUT2D eigenvalue weighted by Crippen LogP contribution is -2.58. The summed E-state index contributed by atoms with van der Waals surface area (Å²) in [7, 11) is 0. The number of amides is 2. The lowest BCUT2D eigenvalue weighted by molar-refractivity contribution is -0.146.